The minimum absolute atomic E-state index is 0.194. The van der Waals surface area contributed by atoms with E-state index < -0.39 is 29.3 Å². The SMILES string of the molecule is CC(C)(CO)NC(=O)[C@H](Cc1ccccc1)N1C(=O)c2ccccc2C1=O. The average Bonchev–Trinajstić information content (AvgIpc) is 2.91. The van der Waals surface area contributed by atoms with E-state index in [-0.39, 0.29) is 13.0 Å². The number of carbonyl (C=O) groups excluding carboxylic acids is 3. The Bertz CT molecular complexity index is 842. The lowest BCUT2D eigenvalue weighted by Gasteiger charge is -2.30. The lowest BCUT2D eigenvalue weighted by atomic mass is 10.0. The van der Waals surface area contributed by atoms with Crippen LogP contribution in [-0.4, -0.2) is 45.9 Å². The normalized spacial score (nSPS) is 14.9. The molecule has 1 heterocycles. The molecule has 0 saturated carbocycles. The second kappa shape index (κ2) is 7.32. The highest BCUT2D eigenvalue weighted by atomic mass is 16.3. The molecule has 3 rings (SSSR count). The van der Waals surface area contributed by atoms with Crippen molar-refractivity contribution in [3.05, 3.63) is 71.3 Å². The number of aliphatic hydroxyl groups excluding tert-OH is 1. The number of nitrogens with one attached hydrogen (secondary N) is 1. The van der Waals surface area contributed by atoms with Gasteiger partial charge in [0.15, 0.2) is 0 Å². The average molecular weight is 366 g/mol. The third-order valence-corrected chi connectivity index (χ3v) is 4.57. The zero-order valence-corrected chi connectivity index (χ0v) is 15.3. The quantitative estimate of drug-likeness (QED) is 0.763. The van der Waals surface area contributed by atoms with E-state index in [1.165, 1.54) is 0 Å². The Hall–Kier alpha value is -2.99. The van der Waals surface area contributed by atoms with Crippen molar-refractivity contribution in [3.63, 3.8) is 0 Å². The van der Waals surface area contributed by atoms with Crippen molar-refractivity contribution in [1.29, 1.82) is 0 Å². The Morgan fingerprint density at radius 1 is 1.00 bits per heavy atom. The van der Waals surface area contributed by atoms with Crippen LogP contribution in [0.1, 0.15) is 40.1 Å². The molecule has 0 fully saturated rings. The molecule has 2 N–H and O–H groups in total. The Balaban J connectivity index is 1.96. The Kier molecular flexibility index (Phi) is 5.10. The van der Waals surface area contributed by atoms with Crippen molar-refractivity contribution >= 4 is 17.7 Å². The van der Waals surface area contributed by atoms with Crippen LogP contribution >= 0.6 is 0 Å². The molecular formula is C21H22N2O4. The molecule has 1 aliphatic rings. The van der Waals surface area contributed by atoms with Gasteiger partial charge < -0.3 is 10.4 Å². The molecule has 6 heteroatoms. The van der Waals surface area contributed by atoms with E-state index in [1.807, 2.05) is 30.3 Å². The Labute approximate surface area is 157 Å². The lowest BCUT2D eigenvalue weighted by Crippen LogP contribution is -2.56. The first-order chi connectivity index (χ1) is 12.8. The van der Waals surface area contributed by atoms with E-state index in [0.29, 0.717) is 11.1 Å². The predicted molar refractivity (Wildman–Crippen MR) is 100 cm³/mol. The van der Waals surface area contributed by atoms with Gasteiger partial charge >= 0.3 is 0 Å². The Morgan fingerprint density at radius 3 is 2.04 bits per heavy atom. The summed E-state index contributed by atoms with van der Waals surface area (Å²) >= 11 is 0. The van der Waals surface area contributed by atoms with Crippen molar-refractivity contribution in [3.8, 4) is 0 Å². The molecule has 27 heavy (non-hydrogen) atoms. The van der Waals surface area contributed by atoms with Crippen LogP contribution in [0.2, 0.25) is 0 Å². The van der Waals surface area contributed by atoms with Crippen molar-refractivity contribution in [2.75, 3.05) is 6.61 Å². The zero-order chi connectivity index (χ0) is 19.6. The maximum Gasteiger partial charge on any atom is 0.262 e. The first-order valence-corrected chi connectivity index (χ1v) is 8.78. The van der Waals surface area contributed by atoms with Gasteiger partial charge in [-0.1, -0.05) is 42.5 Å². The van der Waals surface area contributed by atoms with Crippen LogP contribution in [0.15, 0.2) is 54.6 Å². The molecule has 0 spiro atoms. The van der Waals surface area contributed by atoms with Crippen LogP contribution in [0.25, 0.3) is 0 Å². The minimum Gasteiger partial charge on any atom is -0.394 e. The van der Waals surface area contributed by atoms with Crippen molar-refractivity contribution in [2.24, 2.45) is 0 Å². The molecule has 2 aromatic carbocycles. The van der Waals surface area contributed by atoms with E-state index in [1.54, 1.807) is 38.1 Å². The van der Waals surface area contributed by atoms with Gasteiger partial charge in [0.1, 0.15) is 6.04 Å². The second-order valence-corrected chi connectivity index (χ2v) is 7.26. The molecule has 0 aliphatic carbocycles. The molecule has 0 radical (unpaired) electrons. The van der Waals surface area contributed by atoms with Crippen molar-refractivity contribution in [2.45, 2.75) is 31.8 Å². The largest absolute Gasteiger partial charge is 0.394 e. The first-order valence-electron chi connectivity index (χ1n) is 8.78. The number of fused-ring (bicyclic) bond motifs is 1. The van der Waals surface area contributed by atoms with Crippen LogP contribution in [0.4, 0.5) is 0 Å². The molecule has 0 aromatic heterocycles. The maximum absolute atomic E-state index is 13.0. The van der Waals surface area contributed by atoms with Gasteiger partial charge in [0.2, 0.25) is 5.91 Å². The third-order valence-electron chi connectivity index (χ3n) is 4.57. The van der Waals surface area contributed by atoms with Gasteiger partial charge in [-0.15, -0.1) is 0 Å². The fourth-order valence-corrected chi connectivity index (χ4v) is 3.09. The molecule has 3 amide bonds. The number of imide groups is 1. The fraction of sp³-hybridized carbons (Fsp3) is 0.286. The number of hydrogen-bond donors (Lipinski definition) is 2. The van der Waals surface area contributed by atoms with Crippen LogP contribution in [-0.2, 0) is 11.2 Å². The monoisotopic (exact) mass is 366 g/mol. The summed E-state index contributed by atoms with van der Waals surface area (Å²) in [5.41, 5.74) is 0.561. The smallest absolute Gasteiger partial charge is 0.262 e. The topological polar surface area (TPSA) is 86.7 Å². The number of hydrogen-bond acceptors (Lipinski definition) is 4. The van der Waals surface area contributed by atoms with Crippen LogP contribution in [0.5, 0.6) is 0 Å². The molecule has 0 bridgehead atoms. The molecule has 0 saturated heterocycles. The summed E-state index contributed by atoms with van der Waals surface area (Å²) in [6.07, 6.45) is 0.194. The third kappa shape index (κ3) is 3.75. The van der Waals surface area contributed by atoms with Crippen molar-refractivity contribution in [1.82, 2.24) is 10.2 Å². The molecule has 6 nitrogen and oxygen atoms in total. The van der Waals surface area contributed by atoms with Crippen molar-refractivity contribution < 1.29 is 19.5 Å². The second-order valence-electron chi connectivity index (χ2n) is 7.26. The van der Waals surface area contributed by atoms with E-state index in [9.17, 15) is 19.5 Å². The summed E-state index contributed by atoms with van der Waals surface area (Å²) in [6, 6.07) is 14.8. The Morgan fingerprint density at radius 2 is 1.52 bits per heavy atom. The van der Waals surface area contributed by atoms with E-state index >= 15 is 0 Å². The van der Waals surface area contributed by atoms with Gasteiger partial charge in [-0.3, -0.25) is 19.3 Å². The number of nitrogens with zero attached hydrogens (tertiary/aromatic N) is 1. The number of benzene rings is 2. The highest BCUT2D eigenvalue weighted by Crippen LogP contribution is 2.26. The van der Waals surface area contributed by atoms with Crippen LogP contribution in [0, 0.1) is 0 Å². The molecule has 140 valence electrons. The van der Waals surface area contributed by atoms with Gasteiger partial charge in [-0.2, -0.15) is 0 Å². The molecule has 2 aromatic rings. The molecule has 1 aliphatic heterocycles. The maximum atomic E-state index is 13.0. The predicted octanol–water partition coefficient (Wildman–Crippen LogP) is 1.78. The lowest BCUT2D eigenvalue weighted by molar-refractivity contribution is -0.127. The summed E-state index contributed by atoms with van der Waals surface area (Å²) in [5, 5.41) is 12.2. The molecule has 1 atom stereocenters. The number of rotatable bonds is 6. The minimum atomic E-state index is -1.01. The summed E-state index contributed by atoms with van der Waals surface area (Å²) in [7, 11) is 0. The zero-order valence-electron chi connectivity index (χ0n) is 15.3. The number of carbonyl (C=O) groups is 3. The van der Waals surface area contributed by atoms with Crippen LogP contribution < -0.4 is 5.32 Å². The van der Waals surface area contributed by atoms with Gasteiger partial charge in [0.25, 0.3) is 11.8 Å². The number of aliphatic hydroxyl groups is 1. The summed E-state index contributed by atoms with van der Waals surface area (Å²) < 4.78 is 0. The van der Waals surface area contributed by atoms with Gasteiger partial charge in [0, 0.05) is 6.42 Å². The summed E-state index contributed by atoms with van der Waals surface area (Å²) in [4.78, 5) is 39.7. The standard InChI is InChI=1S/C21H22N2O4/c1-21(2,13-24)22-18(25)17(12-14-8-4-3-5-9-14)23-19(26)15-10-6-7-11-16(15)20(23)27/h3-11,17,24H,12-13H2,1-2H3,(H,22,25)/t17-/m0/s1. The first kappa shape index (κ1) is 18.8. The van der Waals surface area contributed by atoms with Gasteiger partial charge in [-0.25, -0.2) is 0 Å². The summed E-state index contributed by atoms with van der Waals surface area (Å²) in [5.74, 6) is -1.44. The van der Waals surface area contributed by atoms with Crippen LogP contribution in [0.3, 0.4) is 0 Å². The van der Waals surface area contributed by atoms with Gasteiger partial charge in [0.05, 0.1) is 23.3 Å². The highest BCUT2D eigenvalue weighted by Gasteiger charge is 2.43. The molecular weight excluding hydrogens is 344 g/mol. The fourth-order valence-electron chi connectivity index (χ4n) is 3.09. The number of amides is 3. The van der Waals surface area contributed by atoms with Gasteiger partial charge in [-0.05, 0) is 31.5 Å². The molecule has 0 unspecified atom stereocenters. The highest BCUT2D eigenvalue weighted by molar-refractivity contribution is 6.22. The van der Waals surface area contributed by atoms with E-state index in [0.717, 1.165) is 10.5 Å². The van der Waals surface area contributed by atoms with E-state index in [2.05, 4.69) is 5.32 Å². The van der Waals surface area contributed by atoms with E-state index in [4.69, 9.17) is 0 Å². The summed E-state index contributed by atoms with van der Waals surface area (Å²) in [6.45, 7) is 3.08.